The lowest BCUT2D eigenvalue weighted by atomic mass is 9.78. The highest BCUT2D eigenvalue weighted by molar-refractivity contribution is 7.91. The first-order valence-electron chi connectivity index (χ1n) is 16.9. The first-order valence-corrected chi connectivity index (χ1v) is 20.6. The molecule has 0 spiro atoms. The molecule has 1 atom stereocenters. The molecule has 0 aliphatic carbocycles. The molecule has 0 bridgehead atoms. The van der Waals surface area contributed by atoms with E-state index in [2.05, 4.69) is 13.8 Å². The van der Waals surface area contributed by atoms with Crippen LogP contribution in [-0.4, -0.2) is 16.8 Å². The molecule has 6 aromatic carbocycles. The molecule has 272 valence electrons. The van der Waals surface area contributed by atoms with E-state index in [0.717, 1.165) is 23.1 Å². The van der Waals surface area contributed by atoms with Gasteiger partial charge in [-0.2, -0.15) is 0 Å². The number of benzene rings is 6. The lowest BCUT2D eigenvalue weighted by molar-refractivity contribution is 0.480. The third-order valence-electron chi connectivity index (χ3n) is 9.45. The minimum Gasteiger partial charge on any atom is -0.457 e. The van der Waals surface area contributed by atoms with Crippen LogP contribution in [0.15, 0.2) is 165 Å². The Morgan fingerprint density at radius 1 is 0.453 bits per heavy atom. The fourth-order valence-corrected chi connectivity index (χ4v) is 8.54. The molecule has 1 unspecified atom stereocenters. The summed E-state index contributed by atoms with van der Waals surface area (Å²) in [5.74, 6) is 2.26. The summed E-state index contributed by atoms with van der Waals surface area (Å²) < 4.78 is 64.5. The van der Waals surface area contributed by atoms with E-state index < -0.39 is 24.5 Å². The van der Waals surface area contributed by atoms with E-state index in [1.807, 2.05) is 62.4 Å². The molecule has 0 amide bonds. The van der Waals surface area contributed by atoms with Crippen molar-refractivity contribution in [3.63, 3.8) is 0 Å². The average Bonchev–Trinajstić information content (AvgIpc) is 3.16. The quantitative estimate of drug-likeness (QED) is 0.115. The van der Waals surface area contributed by atoms with E-state index in [9.17, 15) is 16.8 Å². The Morgan fingerprint density at radius 3 is 1.04 bits per heavy atom. The van der Waals surface area contributed by atoms with E-state index in [0.29, 0.717) is 28.0 Å². The van der Waals surface area contributed by atoms with Gasteiger partial charge < -0.3 is 9.47 Å². The molecule has 6 aromatic rings. The van der Waals surface area contributed by atoms with Gasteiger partial charge in [-0.3, -0.25) is 0 Å². The van der Waals surface area contributed by atoms with Crippen LogP contribution in [0.2, 0.25) is 5.02 Å². The van der Waals surface area contributed by atoms with Crippen molar-refractivity contribution in [1.82, 2.24) is 0 Å². The topological polar surface area (TPSA) is 86.7 Å². The van der Waals surface area contributed by atoms with Gasteiger partial charge in [0, 0.05) is 10.4 Å². The van der Waals surface area contributed by atoms with Gasteiger partial charge in [-0.05, 0) is 139 Å². The van der Waals surface area contributed by atoms with Crippen molar-refractivity contribution in [2.24, 2.45) is 0 Å². The highest BCUT2D eigenvalue weighted by Gasteiger charge is 2.25. The summed E-state index contributed by atoms with van der Waals surface area (Å²) in [6, 6.07) is 41.0. The van der Waals surface area contributed by atoms with E-state index in [1.165, 1.54) is 24.3 Å². The highest BCUT2D eigenvalue weighted by Crippen LogP contribution is 2.36. The molecule has 53 heavy (non-hydrogen) atoms. The predicted molar refractivity (Wildman–Crippen MR) is 210 cm³/mol. The summed E-state index contributed by atoms with van der Waals surface area (Å²) in [5, 5.41) is 0.466. The molecule has 0 fully saturated rings. The number of halogens is 2. The second kappa shape index (κ2) is 15.0. The van der Waals surface area contributed by atoms with Gasteiger partial charge in [0.2, 0.25) is 19.7 Å². The summed E-state index contributed by atoms with van der Waals surface area (Å²) in [6.07, 6.45) is 0.720. The molecular weight excluding hydrogens is 748 g/mol. The van der Waals surface area contributed by atoms with Crippen LogP contribution in [0, 0.1) is 0 Å². The lowest BCUT2D eigenvalue weighted by Gasteiger charge is -2.26. The zero-order valence-corrected chi connectivity index (χ0v) is 32.7. The molecule has 0 radical (unpaired) electrons. The molecule has 6 rings (SSSR count). The van der Waals surface area contributed by atoms with Gasteiger partial charge in [-0.1, -0.05) is 68.8 Å². The van der Waals surface area contributed by atoms with Crippen molar-refractivity contribution in [3.05, 3.63) is 167 Å². The van der Waals surface area contributed by atoms with Crippen molar-refractivity contribution in [2.75, 3.05) is 0 Å². The van der Waals surface area contributed by atoms with Crippen LogP contribution in [-0.2, 0) is 30.0 Å². The molecule has 0 aliphatic heterocycles. The average molecular weight is 786 g/mol. The van der Waals surface area contributed by atoms with E-state index in [4.69, 9.17) is 32.7 Å². The normalized spacial score (nSPS) is 13.2. The maximum Gasteiger partial charge on any atom is 0.206 e. The Kier molecular flexibility index (Phi) is 10.8. The van der Waals surface area contributed by atoms with Crippen molar-refractivity contribution < 1.29 is 26.3 Å². The summed E-state index contributed by atoms with van der Waals surface area (Å²) in [5.41, 5.74) is 2.66. The summed E-state index contributed by atoms with van der Waals surface area (Å²) in [4.78, 5) is 0.157. The Labute approximate surface area is 321 Å². The Balaban J connectivity index is 1.08. The van der Waals surface area contributed by atoms with Crippen LogP contribution < -0.4 is 9.47 Å². The van der Waals surface area contributed by atoms with Crippen molar-refractivity contribution in [1.29, 1.82) is 0 Å². The Hall–Kier alpha value is -4.60. The number of hydrogen-bond acceptors (Lipinski definition) is 6. The molecule has 0 saturated carbocycles. The zero-order chi connectivity index (χ0) is 38.0. The summed E-state index contributed by atoms with van der Waals surface area (Å²) in [7, 11) is -7.39. The van der Waals surface area contributed by atoms with E-state index >= 15 is 0 Å². The molecule has 6 nitrogen and oxygen atoms in total. The van der Waals surface area contributed by atoms with E-state index in [-0.39, 0.29) is 25.0 Å². The van der Waals surface area contributed by atoms with Crippen LogP contribution in [0.4, 0.5) is 0 Å². The van der Waals surface area contributed by atoms with Gasteiger partial charge in [0.15, 0.2) is 0 Å². The summed E-state index contributed by atoms with van der Waals surface area (Å²) >= 11 is 12.5. The number of rotatable bonds is 12. The molecule has 10 heteroatoms. The fourth-order valence-electron chi connectivity index (χ4n) is 5.76. The van der Waals surface area contributed by atoms with Crippen LogP contribution >= 0.6 is 23.2 Å². The molecule has 0 N–H and O–H groups in total. The van der Waals surface area contributed by atoms with E-state index in [1.54, 1.807) is 72.8 Å². The minimum atomic E-state index is -3.71. The molecule has 0 heterocycles. The minimum absolute atomic E-state index is 0.162. The Bertz CT molecular complexity index is 2410. The largest absolute Gasteiger partial charge is 0.457 e. The lowest BCUT2D eigenvalue weighted by Crippen LogP contribution is -2.18. The molecule has 0 aromatic heterocycles. The zero-order valence-electron chi connectivity index (χ0n) is 29.6. The molecular formula is C43H38Cl2O6S2. The maximum atomic E-state index is 13.3. The third kappa shape index (κ3) is 8.31. The first-order chi connectivity index (χ1) is 25.1. The van der Waals surface area contributed by atoms with Crippen LogP contribution in [0.1, 0.15) is 50.8 Å². The first kappa shape index (κ1) is 38.1. The van der Waals surface area contributed by atoms with Crippen molar-refractivity contribution in [2.45, 2.75) is 64.0 Å². The second-order valence-electron chi connectivity index (χ2n) is 13.4. The van der Waals surface area contributed by atoms with Crippen molar-refractivity contribution in [3.8, 4) is 23.0 Å². The highest BCUT2D eigenvalue weighted by atomic mass is 35.5. The SMILES string of the molecule is CCC(C)(Cl)c1ccc(S(=O)(=O)c2ccc(Oc3ccc(C(C)(C)c4ccc(Oc5ccc(S(=O)(=O)c6ccc(Cl)cc6)cc5)cc4)cc3)cc2)cc1. The van der Waals surface area contributed by atoms with Gasteiger partial charge in [-0.25, -0.2) is 16.8 Å². The summed E-state index contributed by atoms with van der Waals surface area (Å²) in [6.45, 7) is 8.16. The number of sulfone groups is 2. The predicted octanol–water partition coefficient (Wildman–Crippen LogP) is 11.8. The monoisotopic (exact) mass is 784 g/mol. The smallest absolute Gasteiger partial charge is 0.206 e. The number of alkyl halides is 1. The third-order valence-corrected chi connectivity index (χ3v) is 13.8. The standard InChI is InChI=1S/C43H38Cl2O6S2/c1-5-43(4,45)32-10-22-38(23-11-32)52(46,47)40-26-18-36(19-27-40)50-34-14-6-30(7-15-34)42(2,3)31-8-16-35(17-9-31)51-37-20-28-41(29-21-37)53(48,49)39-24-12-33(44)13-25-39/h6-29H,5H2,1-4H3. The Morgan fingerprint density at radius 2 is 0.717 bits per heavy atom. The van der Waals surface area contributed by atoms with Crippen molar-refractivity contribution >= 4 is 42.9 Å². The fraction of sp³-hybridized carbons (Fsp3) is 0.163. The molecule has 0 saturated heterocycles. The van der Waals surface area contributed by atoms with Gasteiger partial charge in [0.25, 0.3) is 0 Å². The van der Waals surface area contributed by atoms with Gasteiger partial charge in [0.1, 0.15) is 23.0 Å². The number of hydrogen-bond donors (Lipinski definition) is 0. The molecule has 0 aliphatic rings. The van der Waals surface area contributed by atoms with Crippen LogP contribution in [0.5, 0.6) is 23.0 Å². The van der Waals surface area contributed by atoms with Gasteiger partial charge in [-0.15, -0.1) is 11.6 Å². The van der Waals surface area contributed by atoms with Crippen LogP contribution in [0.25, 0.3) is 0 Å². The number of ether oxygens (including phenoxy) is 2. The van der Waals surface area contributed by atoms with Gasteiger partial charge in [0.05, 0.1) is 24.5 Å². The second-order valence-corrected chi connectivity index (χ2v) is 18.5. The maximum absolute atomic E-state index is 13.3. The van der Waals surface area contributed by atoms with Gasteiger partial charge >= 0.3 is 0 Å². The van der Waals surface area contributed by atoms with Crippen LogP contribution in [0.3, 0.4) is 0 Å².